The molecule has 3 rings (SSSR count). The molecule has 0 bridgehead atoms. The van der Waals surface area contributed by atoms with E-state index in [-0.39, 0.29) is 0 Å². The molecule has 140 valence electrons. The van der Waals surface area contributed by atoms with Crippen LogP contribution >= 0.6 is 15.9 Å². The van der Waals surface area contributed by atoms with Crippen molar-refractivity contribution in [2.24, 2.45) is 5.92 Å². The van der Waals surface area contributed by atoms with Gasteiger partial charge in [0.05, 0.1) is 17.6 Å². The van der Waals surface area contributed by atoms with Crippen molar-refractivity contribution in [1.82, 2.24) is 10.6 Å². The summed E-state index contributed by atoms with van der Waals surface area (Å²) in [6.45, 7) is 4.22. The van der Waals surface area contributed by atoms with Gasteiger partial charge in [-0.25, -0.2) is 4.79 Å². The molecule has 0 unspecified atom stereocenters. The fourth-order valence-electron chi connectivity index (χ4n) is 2.93. The van der Waals surface area contributed by atoms with Crippen molar-refractivity contribution in [2.45, 2.75) is 12.6 Å². The minimum Gasteiger partial charge on any atom is -0.488 e. The van der Waals surface area contributed by atoms with Crippen LogP contribution in [0.2, 0.25) is 0 Å². The Balaban J connectivity index is 1.81. The maximum absolute atomic E-state index is 12.2. The van der Waals surface area contributed by atoms with Crippen LogP contribution < -0.4 is 15.4 Å². The average Bonchev–Trinajstić information content (AvgIpc) is 2.66. The lowest BCUT2D eigenvalue weighted by molar-refractivity contribution is -0.145. The van der Waals surface area contributed by atoms with Crippen LogP contribution in [0.25, 0.3) is 0 Å². The molecule has 27 heavy (non-hydrogen) atoms. The summed E-state index contributed by atoms with van der Waals surface area (Å²) in [4.78, 5) is 24.0. The van der Waals surface area contributed by atoms with Crippen molar-refractivity contribution in [3.05, 3.63) is 76.4 Å². The van der Waals surface area contributed by atoms with Crippen LogP contribution in [0.3, 0.4) is 0 Å². The zero-order chi connectivity index (χ0) is 19.4. The number of benzene rings is 2. The summed E-state index contributed by atoms with van der Waals surface area (Å²) in [6.07, 6.45) is 0. The Labute approximate surface area is 165 Å². The number of methoxy groups -OCH3 is 1. The summed E-state index contributed by atoms with van der Waals surface area (Å²) >= 11 is 3.50. The number of urea groups is 1. The number of rotatable bonds is 5. The van der Waals surface area contributed by atoms with E-state index in [1.165, 1.54) is 7.11 Å². The third-order valence-electron chi connectivity index (χ3n) is 4.28. The third kappa shape index (κ3) is 4.31. The van der Waals surface area contributed by atoms with E-state index < -0.39 is 24.0 Å². The highest BCUT2D eigenvalue weighted by Gasteiger charge is 2.38. The Morgan fingerprint density at radius 3 is 2.63 bits per heavy atom. The Kier molecular flexibility index (Phi) is 5.81. The van der Waals surface area contributed by atoms with Crippen molar-refractivity contribution in [2.75, 3.05) is 7.11 Å². The first kappa shape index (κ1) is 19.0. The van der Waals surface area contributed by atoms with E-state index in [2.05, 4.69) is 33.1 Å². The molecular weight excluding hydrogens is 412 g/mol. The molecule has 1 aliphatic heterocycles. The second-order valence-corrected chi connectivity index (χ2v) is 6.92. The number of carbonyl (C=O) groups excluding carboxylic acids is 2. The molecule has 2 aromatic rings. The predicted octanol–water partition coefficient (Wildman–Crippen LogP) is 3.68. The first-order valence-corrected chi connectivity index (χ1v) is 9.09. The standard InChI is InChI=1S/C20H19BrN2O4/c1-12-17(19(24)26-2)18(23-20(25)22-12)14-8-9-16(15(21)10-14)27-11-13-6-4-3-5-7-13/h3-10,17-18H,1,11H2,2H3,(H2,22,23,25)/t17-,18+/m1/s1. The van der Waals surface area contributed by atoms with Gasteiger partial charge in [-0.3, -0.25) is 4.79 Å². The van der Waals surface area contributed by atoms with Gasteiger partial charge in [0.15, 0.2) is 0 Å². The fourth-order valence-corrected chi connectivity index (χ4v) is 3.44. The van der Waals surface area contributed by atoms with Gasteiger partial charge in [-0.1, -0.05) is 43.0 Å². The van der Waals surface area contributed by atoms with Gasteiger partial charge in [0.25, 0.3) is 0 Å². The summed E-state index contributed by atoms with van der Waals surface area (Å²) in [5.41, 5.74) is 2.10. The second kappa shape index (κ2) is 8.26. The molecule has 7 heteroatoms. The van der Waals surface area contributed by atoms with Gasteiger partial charge in [-0.15, -0.1) is 0 Å². The quantitative estimate of drug-likeness (QED) is 0.709. The lowest BCUT2D eigenvalue weighted by Gasteiger charge is -2.33. The molecule has 0 aliphatic carbocycles. The van der Waals surface area contributed by atoms with Gasteiger partial charge < -0.3 is 20.1 Å². The number of hydrogen-bond acceptors (Lipinski definition) is 4. The molecule has 0 aromatic heterocycles. The van der Waals surface area contributed by atoms with E-state index in [1.807, 2.05) is 42.5 Å². The van der Waals surface area contributed by atoms with Crippen LogP contribution in [-0.4, -0.2) is 19.1 Å². The molecule has 1 heterocycles. The second-order valence-electron chi connectivity index (χ2n) is 6.07. The molecule has 6 nitrogen and oxygen atoms in total. The normalized spacial score (nSPS) is 19.0. The monoisotopic (exact) mass is 430 g/mol. The lowest BCUT2D eigenvalue weighted by atomic mass is 9.89. The lowest BCUT2D eigenvalue weighted by Crippen LogP contribution is -2.51. The van der Waals surface area contributed by atoms with E-state index >= 15 is 0 Å². The van der Waals surface area contributed by atoms with Gasteiger partial charge >= 0.3 is 12.0 Å². The summed E-state index contributed by atoms with van der Waals surface area (Å²) < 4.78 is 11.4. The van der Waals surface area contributed by atoms with Gasteiger partial charge in [0.1, 0.15) is 18.3 Å². The van der Waals surface area contributed by atoms with Gasteiger partial charge in [-0.2, -0.15) is 0 Å². The topological polar surface area (TPSA) is 76.7 Å². The van der Waals surface area contributed by atoms with Gasteiger partial charge in [0.2, 0.25) is 0 Å². The number of amides is 2. The zero-order valence-corrected chi connectivity index (χ0v) is 16.3. The highest BCUT2D eigenvalue weighted by Crippen LogP contribution is 2.35. The van der Waals surface area contributed by atoms with E-state index in [0.717, 1.165) is 15.6 Å². The Morgan fingerprint density at radius 2 is 1.96 bits per heavy atom. The number of halogens is 1. The van der Waals surface area contributed by atoms with Crippen molar-refractivity contribution >= 4 is 27.9 Å². The molecule has 2 aromatic carbocycles. The third-order valence-corrected chi connectivity index (χ3v) is 4.90. The van der Waals surface area contributed by atoms with Crippen LogP contribution in [0.1, 0.15) is 17.2 Å². The van der Waals surface area contributed by atoms with Crippen LogP contribution in [0.15, 0.2) is 65.3 Å². The van der Waals surface area contributed by atoms with Gasteiger partial charge in [-0.05, 0) is 39.2 Å². The first-order valence-electron chi connectivity index (χ1n) is 8.30. The maximum Gasteiger partial charge on any atom is 0.319 e. The molecule has 0 saturated carbocycles. The summed E-state index contributed by atoms with van der Waals surface area (Å²) in [6, 6.07) is 14.3. The molecule has 2 amide bonds. The molecule has 0 radical (unpaired) electrons. The van der Waals surface area contributed by atoms with E-state index in [1.54, 1.807) is 6.07 Å². The van der Waals surface area contributed by atoms with E-state index in [9.17, 15) is 9.59 Å². The Hall–Kier alpha value is -2.80. The highest BCUT2D eigenvalue weighted by atomic mass is 79.9. The molecule has 1 saturated heterocycles. The number of nitrogens with one attached hydrogen (secondary N) is 2. The summed E-state index contributed by atoms with van der Waals surface area (Å²) in [7, 11) is 1.31. The number of carbonyl (C=O) groups is 2. The number of hydrogen-bond donors (Lipinski definition) is 2. The van der Waals surface area contributed by atoms with Crippen LogP contribution in [-0.2, 0) is 16.1 Å². The minimum atomic E-state index is -0.726. The van der Waals surface area contributed by atoms with Crippen LogP contribution in [0.4, 0.5) is 4.79 Å². The molecule has 1 fully saturated rings. The summed E-state index contributed by atoms with van der Waals surface area (Å²) in [5, 5.41) is 5.29. The minimum absolute atomic E-state index is 0.302. The first-order chi connectivity index (χ1) is 13.0. The SMILES string of the molecule is C=C1NC(=O)N[C@@H](c2ccc(OCc3ccccc3)c(Br)c2)[C@@H]1C(=O)OC. The molecule has 2 atom stereocenters. The van der Waals surface area contributed by atoms with Crippen molar-refractivity contribution in [3.8, 4) is 5.75 Å². The highest BCUT2D eigenvalue weighted by molar-refractivity contribution is 9.10. The zero-order valence-electron chi connectivity index (χ0n) is 14.7. The van der Waals surface area contributed by atoms with Crippen molar-refractivity contribution < 1.29 is 19.1 Å². The van der Waals surface area contributed by atoms with Gasteiger partial charge in [0, 0.05) is 5.70 Å². The maximum atomic E-state index is 12.2. The smallest absolute Gasteiger partial charge is 0.319 e. The molecular formula is C20H19BrN2O4. The number of ether oxygens (including phenoxy) is 2. The Morgan fingerprint density at radius 1 is 1.22 bits per heavy atom. The van der Waals surface area contributed by atoms with Crippen molar-refractivity contribution in [1.29, 1.82) is 0 Å². The van der Waals surface area contributed by atoms with Crippen molar-refractivity contribution in [3.63, 3.8) is 0 Å². The van der Waals surface area contributed by atoms with E-state index in [4.69, 9.17) is 9.47 Å². The van der Waals surface area contributed by atoms with Crippen LogP contribution in [0, 0.1) is 5.92 Å². The molecule has 1 aliphatic rings. The number of esters is 1. The largest absolute Gasteiger partial charge is 0.488 e. The van der Waals surface area contributed by atoms with E-state index in [0.29, 0.717) is 18.1 Å². The predicted molar refractivity (Wildman–Crippen MR) is 104 cm³/mol. The molecule has 2 N–H and O–H groups in total. The molecule has 0 spiro atoms. The fraction of sp³-hybridized carbons (Fsp3) is 0.200. The van der Waals surface area contributed by atoms with Crippen LogP contribution in [0.5, 0.6) is 5.75 Å². The average molecular weight is 431 g/mol. The Bertz CT molecular complexity index is 870. The summed E-state index contributed by atoms with van der Waals surface area (Å²) in [5.74, 6) is -0.537.